The van der Waals surface area contributed by atoms with Gasteiger partial charge in [0.2, 0.25) is 0 Å². The molecule has 3 heterocycles. The molecule has 0 saturated heterocycles. The molecule has 0 aliphatic carbocycles. The van der Waals surface area contributed by atoms with Gasteiger partial charge < -0.3 is 9.38 Å². The molecule has 0 saturated carbocycles. The van der Waals surface area contributed by atoms with Gasteiger partial charge in [-0.15, -0.1) is 0 Å². The van der Waals surface area contributed by atoms with Crippen molar-refractivity contribution < 1.29 is 0 Å². The Morgan fingerprint density at radius 3 is 1.98 bits per heavy atom. The second-order valence-electron chi connectivity index (χ2n) is 13.9. The van der Waals surface area contributed by atoms with Crippen LogP contribution in [0.15, 0.2) is 103 Å². The molecule has 0 unspecified atom stereocenters. The lowest BCUT2D eigenvalue weighted by atomic mass is 9.45. The Bertz CT molecular complexity index is 2020. The average Bonchev–Trinajstić information content (AvgIpc) is 3.29. The van der Waals surface area contributed by atoms with Gasteiger partial charge in [0.15, 0.2) is 0 Å². The van der Waals surface area contributed by atoms with Crippen molar-refractivity contribution in [2.24, 2.45) is 0 Å². The van der Waals surface area contributed by atoms with E-state index in [1.165, 1.54) is 72.0 Å². The highest BCUT2D eigenvalue weighted by Crippen LogP contribution is 2.45. The molecule has 0 N–H and O–H groups in total. The standard InChI is InChI=1S/C38H35BN2/c1-37(2,3)24-17-20-26(21-18-24)40-33-22-19-25(38(4,5)6)23-31(33)39-35-28(12-10-16-34(35)40)30-14-9-13-29-27-11-7-8-15-32(27)41(39)36(29)30/h7-23H,1-6H3. The number of benzene rings is 5. The second kappa shape index (κ2) is 8.16. The fourth-order valence-corrected chi connectivity index (χ4v) is 7.19. The van der Waals surface area contributed by atoms with Crippen molar-refractivity contribution in [3.63, 3.8) is 0 Å². The number of nitrogens with zero attached hydrogens (tertiary/aromatic N) is 2. The van der Waals surface area contributed by atoms with Crippen LogP contribution in [0.25, 0.3) is 32.9 Å². The third-order valence-corrected chi connectivity index (χ3v) is 9.30. The normalized spacial score (nSPS) is 14.0. The summed E-state index contributed by atoms with van der Waals surface area (Å²) in [5, 5.41) is 2.66. The van der Waals surface area contributed by atoms with Gasteiger partial charge in [0.1, 0.15) is 0 Å². The molecule has 200 valence electrons. The van der Waals surface area contributed by atoms with Gasteiger partial charge in [-0.1, -0.05) is 114 Å². The fraction of sp³-hybridized carbons (Fsp3) is 0.211. The Balaban J connectivity index is 1.49. The molecule has 2 nitrogen and oxygen atoms in total. The molecular formula is C38H35BN2. The first kappa shape index (κ1) is 24.6. The Morgan fingerprint density at radius 2 is 1.22 bits per heavy atom. The summed E-state index contributed by atoms with van der Waals surface area (Å²) >= 11 is 0. The van der Waals surface area contributed by atoms with E-state index in [0.29, 0.717) is 0 Å². The summed E-state index contributed by atoms with van der Waals surface area (Å²) in [6, 6.07) is 39.1. The number of rotatable bonds is 1. The summed E-state index contributed by atoms with van der Waals surface area (Å²) in [6.07, 6.45) is 0. The molecule has 0 fully saturated rings. The van der Waals surface area contributed by atoms with Crippen LogP contribution in [-0.4, -0.2) is 11.3 Å². The van der Waals surface area contributed by atoms with Gasteiger partial charge in [-0.3, -0.25) is 0 Å². The molecule has 41 heavy (non-hydrogen) atoms. The molecular weight excluding hydrogens is 495 g/mol. The van der Waals surface area contributed by atoms with E-state index in [1.807, 2.05) is 0 Å². The minimum atomic E-state index is 0.0503. The van der Waals surface area contributed by atoms with E-state index in [1.54, 1.807) is 0 Å². The van der Waals surface area contributed by atoms with Gasteiger partial charge in [0, 0.05) is 44.4 Å². The van der Waals surface area contributed by atoms with Crippen LogP contribution in [0.3, 0.4) is 0 Å². The van der Waals surface area contributed by atoms with E-state index >= 15 is 0 Å². The van der Waals surface area contributed by atoms with E-state index < -0.39 is 0 Å². The molecule has 5 aromatic carbocycles. The van der Waals surface area contributed by atoms with E-state index in [9.17, 15) is 0 Å². The first-order chi connectivity index (χ1) is 19.6. The summed E-state index contributed by atoms with van der Waals surface area (Å²) < 4.78 is 2.64. The van der Waals surface area contributed by atoms with E-state index in [0.717, 1.165) is 0 Å². The average molecular weight is 531 g/mol. The van der Waals surface area contributed by atoms with E-state index in [2.05, 4.69) is 154 Å². The minimum Gasteiger partial charge on any atom is -0.375 e. The highest BCUT2D eigenvalue weighted by atomic mass is 15.2. The minimum absolute atomic E-state index is 0.0503. The van der Waals surface area contributed by atoms with Crippen molar-refractivity contribution in [1.82, 2.24) is 4.48 Å². The van der Waals surface area contributed by atoms with Crippen LogP contribution in [0.1, 0.15) is 52.7 Å². The molecule has 0 bridgehead atoms. The maximum Gasteiger partial charge on any atom is 0.333 e. The molecule has 0 radical (unpaired) electrons. The van der Waals surface area contributed by atoms with Crippen molar-refractivity contribution in [3.8, 4) is 11.1 Å². The van der Waals surface area contributed by atoms with Gasteiger partial charge in [-0.05, 0) is 68.8 Å². The SMILES string of the molecule is CC(C)(C)c1ccc(N2c3ccc(C(C)(C)C)cc3B3c4c(cccc42)-c2cccc4c5ccccc5n3c24)cc1. The lowest BCUT2D eigenvalue weighted by Crippen LogP contribution is -2.56. The van der Waals surface area contributed by atoms with Crippen molar-refractivity contribution in [2.45, 2.75) is 52.4 Å². The van der Waals surface area contributed by atoms with Crippen molar-refractivity contribution in [3.05, 3.63) is 114 Å². The predicted molar refractivity (Wildman–Crippen MR) is 177 cm³/mol. The number of hydrogen-bond donors (Lipinski definition) is 0. The number of hydrogen-bond acceptors (Lipinski definition) is 1. The van der Waals surface area contributed by atoms with Crippen molar-refractivity contribution in [1.29, 1.82) is 0 Å². The first-order valence-electron chi connectivity index (χ1n) is 14.8. The maximum absolute atomic E-state index is 2.64. The summed E-state index contributed by atoms with van der Waals surface area (Å²) in [5.74, 6) is 0. The second-order valence-corrected chi connectivity index (χ2v) is 13.9. The van der Waals surface area contributed by atoms with Crippen molar-refractivity contribution >= 4 is 56.6 Å². The smallest absolute Gasteiger partial charge is 0.333 e. The lowest BCUT2D eigenvalue weighted by molar-refractivity contribution is 0.590. The Kier molecular flexibility index (Phi) is 4.89. The zero-order valence-electron chi connectivity index (χ0n) is 24.8. The first-order valence-corrected chi connectivity index (χ1v) is 14.8. The van der Waals surface area contributed by atoms with Crippen LogP contribution in [0.2, 0.25) is 0 Å². The van der Waals surface area contributed by atoms with Crippen LogP contribution in [-0.2, 0) is 10.8 Å². The molecule has 2 aliphatic rings. The third kappa shape index (κ3) is 3.38. The van der Waals surface area contributed by atoms with Crippen LogP contribution in [0.4, 0.5) is 17.1 Å². The Hall–Kier alpha value is -4.24. The predicted octanol–water partition coefficient (Wildman–Crippen LogP) is 8.81. The highest BCUT2D eigenvalue weighted by molar-refractivity contribution is 6.90. The molecule has 8 rings (SSSR count). The largest absolute Gasteiger partial charge is 0.375 e. The number of para-hydroxylation sites is 2. The molecule has 2 aliphatic heterocycles. The zero-order valence-corrected chi connectivity index (χ0v) is 24.8. The van der Waals surface area contributed by atoms with Crippen LogP contribution in [0.5, 0.6) is 0 Å². The van der Waals surface area contributed by atoms with Gasteiger partial charge >= 0.3 is 6.85 Å². The molecule has 1 aromatic heterocycles. The van der Waals surface area contributed by atoms with Crippen molar-refractivity contribution in [2.75, 3.05) is 4.90 Å². The third-order valence-electron chi connectivity index (χ3n) is 9.30. The number of fused-ring (bicyclic) bond motifs is 7. The van der Waals surface area contributed by atoms with Crippen LogP contribution < -0.4 is 15.8 Å². The van der Waals surface area contributed by atoms with Gasteiger partial charge in [-0.2, -0.15) is 0 Å². The number of aromatic nitrogens is 1. The highest BCUT2D eigenvalue weighted by Gasteiger charge is 2.42. The molecule has 6 aromatic rings. The van der Waals surface area contributed by atoms with Crippen LogP contribution >= 0.6 is 0 Å². The topological polar surface area (TPSA) is 8.17 Å². The summed E-state index contributed by atoms with van der Waals surface area (Å²) in [6.45, 7) is 13.9. The van der Waals surface area contributed by atoms with Gasteiger partial charge in [0.05, 0.1) is 0 Å². The quantitative estimate of drug-likeness (QED) is 0.193. The summed E-state index contributed by atoms with van der Waals surface area (Å²) in [5.41, 5.74) is 14.7. The summed E-state index contributed by atoms with van der Waals surface area (Å²) in [4.78, 5) is 2.50. The fourth-order valence-electron chi connectivity index (χ4n) is 7.19. The maximum atomic E-state index is 2.64. The lowest BCUT2D eigenvalue weighted by Gasteiger charge is -2.41. The van der Waals surface area contributed by atoms with E-state index in [-0.39, 0.29) is 17.7 Å². The van der Waals surface area contributed by atoms with E-state index in [4.69, 9.17) is 0 Å². The monoisotopic (exact) mass is 530 g/mol. The number of anilines is 3. The molecule has 0 amide bonds. The zero-order chi connectivity index (χ0) is 28.3. The van der Waals surface area contributed by atoms with Gasteiger partial charge in [-0.25, -0.2) is 0 Å². The molecule has 0 atom stereocenters. The summed E-state index contributed by atoms with van der Waals surface area (Å²) in [7, 11) is 0. The Morgan fingerprint density at radius 1 is 0.561 bits per heavy atom. The van der Waals surface area contributed by atoms with Crippen LogP contribution in [0, 0.1) is 0 Å². The molecule has 3 heteroatoms. The Labute approximate surface area is 243 Å². The molecule has 0 spiro atoms. The van der Waals surface area contributed by atoms with Gasteiger partial charge in [0.25, 0.3) is 0 Å².